The van der Waals surface area contributed by atoms with Gasteiger partial charge in [-0.2, -0.15) is 13.2 Å². The number of aliphatic hydroxyl groups excluding tert-OH is 1. The first-order valence-corrected chi connectivity index (χ1v) is 5.94. The molecule has 7 heteroatoms. The van der Waals surface area contributed by atoms with Gasteiger partial charge in [0.05, 0.1) is 16.3 Å². The van der Waals surface area contributed by atoms with Crippen LogP contribution in [-0.2, 0) is 12.6 Å². The van der Waals surface area contributed by atoms with Gasteiger partial charge in [0.15, 0.2) is 0 Å². The monoisotopic (exact) mass is 274 g/mol. The SMILES string of the molecule is OC(Cc1nccs1)c1ccc(C(F)(F)F)cn1. The average Bonchev–Trinajstić information content (AvgIpc) is 2.81. The van der Waals surface area contributed by atoms with E-state index in [1.54, 1.807) is 11.6 Å². The molecule has 18 heavy (non-hydrogen) atoms. The van der Waals surface area contributed by atoms with E-state index in [-0.39, 0.29) is 12.1 Å². The molecule has 2 rings (SSSR count). The van der Waals surface area contributed by atoms with E-state index in [1.807, 2.05) is 0 Å². The zero-order valence-electron chi connectivity index (χ0n) is 9.05. The number of hydrogen-bond donors (Lipinski definition) is 1. The van der Waals surface area contributed by atoms with Gasteiger partial charge in [0.1, 0.15) is 6.10 Å². The van der Waals surface area contributed by atoms with E-state index < -0.39 is 17.8 Å². The molecule has 0 aliphatic carbocycles. The Morgan fingerprint density at radius 1 is 1.28 bits per heavy atom. The number of nitrogens with zero attached hydrogens (tertiary/aromatic N) is 2. The lowest BCUT2D eigenvalue weighted by Crippen LogP contribution is -2.08. The lowest BCUT2D eigenvalue weighted by Gasteiger charge is -2.10. The Kier molecular flexibility index (Phi) is 3.63. The van der Waals surface area contributed by atoms with Crippen LogP contribution >= 0.6 is 11.3 Å². The minimum absolute atomic E-state index is 0.207. The van der Waals surface area contributed by atoms with Crippen LogP contribution in [0.5, 0.6) is 0 Å². The molecule has 0 fully saturated rings. The molecule has 3 nitrogen and oxygen atoms in total. The smallest absolute Gasteiger partial charge is 0.386 e. The lowest BCUT2D eigenvalue weighted by molar-refractivity contribution is -0.137. The van der Waals surface area contributed by atoms with Crippen molar-refractivity contribution in [3.8, 4) is 0 Å². The summed E-state index contributed by atoms with van der Waals surface area (Å²) >= 11 is 1.37. The van der Waals surface area contributed by atoms with Gasteiger partial charge in [-0.15, -0.1) is 11.3 Å². The maximum absolute atomic E-state index is 12.3. The highest BCUT2D eigenvalue weighted by atomic mass is 32.1. The molecule has 0 aliphatic rings. The fraction of sp³-hybridized carbons (Fsp3) is 0.273. The number of halogens is 3. The highest BCUT2D eigenvalue weighted by Gasteiger charge is 2.30. The third-order valence-corrected chi connectivity index (χ3v) is 3.11. The first kappa shape index (κ1) is 13.0. The van der Waals surface area contributed by atoms with Crippen LogP contribution in [-0.4, -0.2) is 15.1 Å². The minimum Gasteiger partial charge on any atom is -0.386 e. The number of aromatic nitrogens is 2. The van der Waals surface area contributed by atoms with Crippen molar-refractivity contribution in [2.45, 2.75) is 18.7 Å². The molecule has 0 spiro atoms. The van der Waals surface area contributed by atoms with Crippen LogP contribution in [0.3, 0.4) is 0 Å². The summed E-state index contributed by atoms with van der Waals surface area (Å²) in [5.74, 6) is 0. The lowest BCUT2D eigenvalue weighted by atomic mass is 10.1. The fourth-order valence-corrected chi connectivity index (χ4v) is 2.05. The number of rotatable bonds is 3. The van der Waals surface area contributed by atoms with Crippen molar-refractivity contribution in [1.82, 2.24) is 9.97 Å². The third kappa shape index (κ3) is 3.05. The quantitative estimate of drug-likeness (QED) is 0.936. The summed E-state index contributed by atoms with van der Waals surface area (Å²) in [5, 5.41) is 12.3. The summed E-state index contributed by atoms with van der Waals surface area (Å²) < 4.78 is 36.9. The molecule has 0 saturated carbocycles. The van der Waals surface area contributed by atoms with Gasteiger partial charge in [0.25, 0.3) is 0 Å². The summed E-state index contributed by atoms with van der Waals surface area (Å²) in [6.07, 6.45) is -2.78. The maximum Gasteiger partial charge on any atom is 0.417 e. The molecule has 0 aliphatic heterocycles. The normalized spacial score (nSPS) is 13.6. The van der Waals surface area contributed by atoms with E-state index in [0.29, 0.717) is 5.01 Å². The van der Waals surface area contributed by atoms with Gasteiger partial charge in [-0.1, -0.05) is 0 Å². The Bertz CT molecular complexity index is 496. The Morgan fingerprint density at radius 2 is 2.06 bits per heavy atom. The molecule has 96 valence electrons. The standard InChI is InChI=1S/C11H9F3N2OS/c12-11(13,14)7-1-2-8(16-6-7)9(17)5-10-15-3-4-18-10/h1-4,6,9,17H,5H2. The molecule has 2 aromatic rings. The maximum atomic E-state index is 12.3. The topological polar surface area (TPSA) is 46.0 Å². The predicted molar refractivity (Wildman–Crippen MR) is 60.0 cm³/mol. The molecular formula is C11H9F3N2OS. The van der Waals surface area contributed by atoms with E-state index >= 15 is 0 Å². The number of thiazole rings is 1. The van der Waals surface area contributed by atoms with E-state index in [1.165, 1.54) is 17.4 Å². The van der Waals surface area contributed by atoms with Crippen LogP contribution in [0.4, 0.5) is 13.2 Å². The molecule has 0 saturated heterocycles. The van der Waals surface area contributed by atoms with Crippen molar-refractivity contribution in [1.29, 1.82) is 0 Å². The zero-order valence-corrected chi connectivity index (χ0v) is 9.87. The third-order valence-electron chi connectivity index (χ3n) is 2.31. The highest BCUT2D eigenvalue weighted by Crippen LogP contribution is 2.29. The molecular weight excluding hydrogens is 265 g/mol. The largest absolute Gasteiger partial charge is 0.417 e. The fourth-order valence-electron chi connectivity index (χ4n) is 1.39. The van der Waals surface area contributed by atoms with Gasteiger partial charge in [-0.25, -0.2) is 4.98 Å². The number of hydrogen-bond acceptors (Lipinski definition) is 4. The van der Waals surface area contributed by atoms with Crippen LogP contribution in [0, 0.1) is 0 Å². The van der Waals surface area contributed by atoms with Gasteiger partial charge in [-0.05, 0) is 12.1 Å². The van der Waals surface area contributed by atoms with Gasteiger partial charge < -0.3 is 5.11 Å². The van der Waals surface area contributed by atoms with Crippen molar-refractivity contribution in [3.05, 3.63) is 46.2 Å². The van der Waals surface area contributed by atoms with Crippen molar-refractivity contribution in [2.75, 3.05) is 0 Å². The number of alkyl halides is 3. The van der Waals surface area contributed by atoms with E-state index in [9.17, 15) is 18.3 Å². The Balaban J connectivity index is 2.10. The van der Waals surface area contributed by atoms with Crippen molar-refractivity contribution in [3.63, 3.8) is 0 Å². The second-order valence-electron chi connectivity index (χ2n) is 3.62. The second-order valence-corrected chi connectivity index (χ2v) is 4.59. The number of aliphatic hydroxyl groups is 1. The molecule has 0 radical (unpaired) electrons. The van der Waals surface area contributed by atoms with Crippen molar-refractivity contribution in [2.24, 2.45) is 0 Å². The predicted octanol–water partition coefficient (Wildman–Crippen LogP) is 2.83. The Morgan fingerprint density at radius 3 is 2.56 bits per heavy atom. The molecule has 0 aromatic carbocycles. The Hall–Kier alpha value is -1.47. The van der Waals surface area contributed by atoms with Crippen LogP contribution in [0.2, 0.25) is 0 Å². The van der Waals surface area contributed by atoms with Crippen LogP contribution < -0.4 is 0 Å². The first-order valence-electron chi connectivity index (χ1n) is 5.06. The molecule has 1 unspecified atom stereocenters. The van der Waals surface area contributed by atoms with Gasteiger partial charge in [0.2, 0.25) is 0 Å². The van der Waals surface area contributed by atoms with Gasteiger partial charge in [-0.3, -0.25) is 4.98 Å². The highest BCUT2D eigenvalue weighted by molar-refractivity contribution is 7.09. The van der Waals surface area contributed by atoms with Crippen LogP contribution in [0.15, 0.2) is 29.9 Å². The van der Waals surface area contributed by atoms with Gasteiger partial charge >= 0.3 is 6.18 Å². The summed E-state index contributed by atoms with van der Waals surface area (Å²) in [7, 11) is 0. The van der Waals surface area contributed by atoms with Gasteiger partial charge in [0, 0.05) is 24.2 Å². The second kappa shape index (κ2) is 5.03. The van der Waals surface area contributed by atoms with E-state index in [2.05, 4.69) is 9.97 Å². The summed E-state index contributed by atoms with van der Waals surface area (Å²) in [6, 6.07) is 2.09. The van der Waals surface area contributed by atoms with E-state index in [0.717, 1.165) is 12.3 Å². The molecule has 0 bridgehead atoms. The number of pyridine rings is 1. The minimum atomic E-state index is -4.41. The van der Waals surface area contributed by atoms with Crippen molar-refractivity contribution < 1.29 is 18.3 Å². The molecule has 0 amide bonds. The van der Waals surface area contributed by atoms with E-state index in [4.69, 9.17) is 0 Å². The molecule has 1 atom stereocenters. The summed E-state index contributed by atoms with van der Waals surface area (Å²) in [6.45, 7) is 0. The van der Waals surface area contributed by atoms with Crippen LogP contribution in [0.25, 0.3) is 0 Å². The molecule has 1 N–H and O–H groups in total. The Labute approximate surface area is 105 Å². The van der Waals surface area contributed by atoms with Crippen LogP contribution in [0.1, 0.15) is 22.4 Å². The average molecular weight is 274 g/mol. The summed E-state index contributed by atoms with van der Waals surface area (Å²) in [5.41, 5.74) is -0.620. The molecule has 2 heterocycles. The summed E-state index contributed by atoms with van der Waals surface area (Å²) in [4.78, 5) is 7.62. The molecule has 2 aromatic heterocycles. The van der Waals surface area contributed by atoms with Crippen molar-refractivity contribution >= 4 is 11.3 Å². The first-order chi connectivity index (χ1) is 8.47. The zero-order chi connectivity index (χ0) is 13.2.